The van der Waals surface area contributed by atoms with Crippen molar-refractivity contribution in [1.82, 2.24) is 0 Å². The SMILES string of the molecule is CCCCCCO[N+](C)(C)CC(=O)O. The lowest BCUT2D eigenvalue weighted by molar-refractivity contribution is -1.07. The summed E-state index contributed by atoms with van der Waals surface area (Å²) in [4.78, 5) is 15.9. The Bertz CT molecular complexity index is 169. The number of unbranched alkanes of at least 4 members (excludes halogenated alkanes) is 3. The van der Waals surface area contributed by atoms with Crippen LogP contribution in [0.25, 0.3) is 0 Å². The van der Waals surface area contributed by atoms with Gasteiger partial charge in [0.1, 0.15) is 6.61 Å². The monoisotopic (exact) mass is 204 g/mol. The van der Waals surface area contributed by atoms with E-state index < -0.39 is 5.97 Å². The fourth-order valence-electron chi connectivity index (χ4n) is 1.21. The first-order valence-electron chi connectivity index (χ1n) is 5.17. The van der Waals surface area contributed by atoms with E-state index in [1.807, 2.05) is 0 Å². The molecule has 0 saturated heterocycles. The second-order valence-corrected chi connectivity index (χ2v) is 4.02. The van der Waals surface area contributed by atoms with Gasteiger partial charge in [0.05, 0.1) is 14.1 Å². The minimum Gasteiger partial charge on any atom is -0.477 e. The van der Waals surface area contributed by atoms with Crippen LogP contribution in [0.15, 0.2) is 0 Å². The van der Waals surface area contributed by atoms with Crippen molar-refractivity contribution < 1.29 is 19.4 Å². The standard InChI is InChI=1S/C10H21NO3/c1-4-5-6-7-8-14-11(2,3)9-10(12)13/h4-9H2,1-3H3/p+1. The van der Waals surface area contributed by atoms with Crippen LogP contribution in [0.3, 0.4) is 0 Å². The van der Waals surface area contributed by atoms with E-state index >= 15 is 0 Å². The van der Waals surface area contributed by atoms with E-state index in [4.69, 9.17) is 9.94 Å². The van der Waals surface area contributed by atoms with Gasteiger partial charge in [-0.15, -0.1) is 0 Å². The Hall–Kier alpha value is -0.610. The van der Waals surface area contributed by atoms with Crippen molar-refractivity contribution in [2.75, 3.05) is 27.2 Å². The molecule has 0 aliphatic rings. The van der Waals surface area contributed by atoms with Crippen molar-refractivity contribution in [3.63, 3.8) is 0 Å². The molecule has 0 bridgehead atoms. The maximum atomic E-state index is 10.5. The Balaban J connectivity index is 3.50. The number of hydrogen-bond acceptors (Lipinski definition) is 2. The van der Waals surface area contributed by atoms with Crippen LogP contribution in [0.2, 0.25) is 0 Å². The molecule has 84 valence electrons. The van der Waals surface area contributed by atoms with E-state index in [-0.39, 0.29) is 11.2 Å². The smallest absolute Gasteiger partial charge is 0.362 e. The summed E-state index contributed by atoms with van der Waals surface area (Å²) in [6.07, 6.45) is 4.59. The third-order valence-electron chi connectivity index (χ3n) is 1.95. The highest BCUT2D eigenvalue weighted by molar-refractivity contribution is 5.67. The average molecular weight is 204 g/mol. The van der Waals surface area contributed by atoms with Gasteiger partial charge < -0.3 is 5.11 Å². The third kappa shape index (κ3) is 8.01. The molecule has 4 heteroatoms. The number of hydroxylamine groups is 3. The molecule has 0 aromatic heterocycles. The zero-order chi connectivity index (χ0) is 11.0. The van der Waals surface area contributed by atoms with Crippen molar-refractivity contribution in [1.29, 1.82) is 0 Å². The molecule has 0 saturated carbocycles. The summed E-state index contributed by atoms with van der Waals surface area (Å²) in [5, 5.41) is 8.59. The summed E-state index contributed by atoms with van der Waals surface area (Å²) < 4.78 is 0.0987. The van der Waals surface area contributed by atoms with Gasteiger partial charge in [0, 0.05) is 0 Å². The fraction of sp³-hybridized carbons (Fsp3) is 0.900. The summed E-state index contributed by atoms with van der Waals surface area (Å²) in [5.41, 5.74) is 0. The van der Waals surface area contributed by atoms with E-state index in [9.17, 15) is 4.79 Å². The van der Waals surface area contributed by atoms with Gasteiger partial charge in [0.25, 0.3) is 0 Å². The van der Waals surface area contributed by atoms with Crippen LogP contribution in [0.5, 0.6) is 0 Å². The number of aliphatic carboxylic acids is 1. The molecule has 14 heavy (non-hydrogen) atoms. The predicted octanol–water partition coefficient (Wildman–Crippen LogP) is 1.66. The van der Waals surface area contributed by atoms with Crippen LogP contribution in [0.1, 0.15) is 32.6 Å². The molecular formula is C10H22NO3+. The molecule has 0 radical (unpaired) electrons. The number of carboxylic acids is 1. The van der Waals surface area contributed by atoms with Crippen LogP contribution in [-0.4, -0.2) is 43.0 Å². The van der Waals surface area contributed by atoms with Gasteiger partial charge in [-0.1, -0.05) is 26.2 Å². The highest BCUT2D eigenvalue weighted by atomic mass is 16.7. The molecule has 0 amide bonds. The summed E-state index contributed by atoms with van der Waals surface area (Å²) >= 11 is 0. The lowest BCUT2D eigenvalue weighted by atomic mass is 10.2. The van der Waals surface area contributed by atoms with Crippen LogP contribution in [0.4, 0.5) is 0 Å². The highest BCUT2D eigenvalue weighted by Gasteiger charge is 2.20. The van der Waals surface area contributed by atoms with Crippen LogP contribution in [0, 0.1) is 0 Å². The summed E-state index contributed by atoms with van der Waals surface area (Å²) in [6.45, 7) is 2.80. The zero-order valence-corrected chi connectivity index (χ0v) is 9.45. The number of hydrogen-bond donors (Lipinski definition) is 1. The molecule has 0 aromatic rings. The van der Waals surface area contributed by atoms with Crippen LogP contribution in [-0.2, 0) is 9.63 Å². The predicted molar refractivity (Wildman–Crippen MR) is 54.7 cm³/mol. The highest BCUT2D eigenvalue weighted by Crippen LogP contribution is 2.03. The maximum Gasteiger partial charge on any atom is 0.362 e. The Morgan fingerprint density at radius 3 is 2.43 bits per heavy atom. The Labute approximate surface area is 86.0 Å². The molecule has 0 unspecified atom stereocenters. The first-order valence-corrected chi connectivity index (χ1v) is 5.17. The van der Waals surface area contributed by atoms with Gasteiger partial charge in [-0.25, -0.2) is 9.63 Å². The summed E-state index contributed by atoms with van der Waals surface area (Å²) in [6, 6.07) is 0. The minimum absolute atomic E-state index is 0.00772. The average Bonchev–Trinajstić information content (AvgIpc) is 2.01. The molecular weight excluding hydrogens is 182 g/mol. The molecule has 0 atom stereocenters. The quantitative estimate of drug-likeness (QED) is 0.371. The molecule has 1 N–H and O–H groups in total. The Morgan fingerprint density at radius 1 is 1.29 bits per heavy atom. The number of carbonyl (C=O) groups is 1. The molecule has 0 aliphatic heterocycles. The third-order valence-corrected chi connectivity index (χ3v) is 1.95. The van der Waals surface area contributed by atoms with Crippen LogP contribution >= 0.6 is 0 Å². The van der Waals surface area contributed by atoms with Gasteiger partial charge in [0.2, 0.25) is 6.54 Å². The number of carboxylic acid groups (broad SMARTS) is 1. The summed E-state index contributed by atoms with van der Waals surface area (Å²) in [5.74, 6) is -0.830. The van der Waals surface area contributed by atoms with E-state index in [1.165, 1.54) is 12.8 Å². The molecule has 0 spiro atoms. The normalized spacial score (nSPS) is 11.6. The van der Waals surface area contributed by atoms with Crippen LogP contribution < -0.4 is 0 Å². The lowest BCUT2D eigenvalue weighted by Crippen LogP contribution is -2.43. The van der Waals surface area contributed by atoms with Crippen molar-refractivity contribution in [2.24, 2.45) is 0 Å². The number of nitrogens with zero attached hydrogens (tertiary/aromatic N) is 1. The molecule has 0 aromatic carbocycles. The van der Waals surface area contributed by atoms with Crippen molar-refractivity contribution in [2.45, 2.75) is 32.6 Å². The second-order valence-electron chi connectivity index (χ2n) is 4.02. The minimum atomic E-state index is -0.830. The Kier molecular flexibility index (Phi) is 6.49. The van der Waals surface area contributed by atoms with E-state index in [0.29, 0.717) is 6.61 Å². The van der Waals surface area contributed by atoms with Gasteiger partial charge >= 0.3 is 5.97 Å². The molecule has 0 aliphatic carbocycles. The zero-order valence-electron chi connectivity index (χ0n) is 9.45. The largest absolute Gasteiger partial charge is 0.477 e. The van der Waals surface area contributed by atoms with Gasteiger partial charge in [-0.2, -0.15) is 4.65 Å². The van der Waals surface area contributed by atoms with Crippen molar-refractivity contribution in [3.8, 4) is 0 Å². The lowest BCUT2D eigenvalue weighted by Gasteiger charge is -2.24. The second kappa shape index (κ2) is 6.79. The summed E-state index contributed by atoms with van der Waals surface area (Å²) in [7, 11) is 3.52. The first-order chi connectivity index (χ1) is 6.48. The number of quaternary nitrogens is 1. The van der Waals surface area contributed by atoms with Gasteiger partial charge in [-0.3, -0.25) is 0 Å². The number of rotatable bonds is 8. The molecule has 0 fully saturated rings. The first kappa shape index (κ1) is 13.4. The maximum absolute atomic E-state index is 10.5. The molecule has 4 nitrogen and oxygen atoms in total. The topological polar surface area (TPSA) is 46.5 Å². The van der Waals surface area contributed by atoms with Gasteiger partial charge in [0.15, 0.2) is 0 Å². The van der Waals surface area contributed by atoms with E-state index in [0.717, 1.165) is 12.8 Å². The fourth-order valence-corrected chi connectivity index (χ4v) is 1.21. The van der Waals surface area contributed by atoms with Crippen molar-refractivity contribution in [3.05, 3.63) is 0 Å². The van der Waals surface area contributed by atoms with Crippen molar-refractivity contribution >= 4 is 5.97 Å². The molecule has 0 heterocycles. The Morgan fingerprint density at radius 2 is 1.93 bits per heavy atom. The number of likely N-dealkylation sites (N-methyl/N-ethyl adjacent to an activating group) is 1. The van der Waals surface area contributed by atoms with E-state index in [1.54, 1.807) is 14.1 Å². The van der Waals surface area contributed by atoms with Gasteiger partial charge in [-0.05, 0) is 6.42 Å². The molecule has 0 rings (SSSR count). The van der Waals surface area contributed by atoms with E-state index in [2.05, 4.69) is 6.92 Å².